The number of aromatic nitrogens is 2. The van der Waals surface area contributed by atoms with Gasteiger partial charge in [0.2, 0.25) is 0 Å². The van der Waals surface area contributed by atoms with E-state index in [4.69, 9.17) is 0 Å². The van der Waals surface area contributed by atoms with Crippen molar-refractivity contribution in [2.75, 3.05) is 13.1 Å². The highest BCUT2D eigenvalue weighted by molar-refractivity contribution is 5.78. The lowest BCUT2D eigenvalue weighted by molar-refractivity contribution is 0.221. The number of H-pyrrole nitrogens is 1. The van der Waals surface area contributed by atoms with Gasteiger partial charge < -0.3 is 9.38 Å². The van der Waals surface area contributed by atoms with Crippen LogP contribution in [0.15, 0.2) is 41.3 Å². The van der Waals surface area contributed by atoms with E-state index in [1.807, 2.05) is 22.7 Å². The maximum atomic E-state index is 12.1. The molecule has 4 heteroatoms. The largest absolute Gasteiger partial charge is 0.319 e. The number of benzene rings is 1. The van der Waals surface area contributed by atoms with E-state index in [0.29, 0.717) is 5.52 Å². The van der Waals surface area contributed by atoms with Crippen LogP contribution in [0.2, 0.25) is 0 Å². The number of fused-ring (bicyclic) bond motifs is 3. The predicted molar refractivity (Wildman–Crippen MR) is 84.7 cm³/mol. The minimum Gasteiger partial charge on any atom is -0.319 e. The second kappa shape index (κ2) is 5.04. The van der Waals surface area contributed by atoms with Crippen LogP contribution in [0.5, 0.6) is 0 Å². The Morgan fingerprint density at radius 2 is 1.90 bits per heavy atom. The average molecular weight is 281 g/mol. The van der Waals surface area contributed by atoms with E-state index >= 15 is 0 Å². The molecule has 0 radical (unpaired) electrons. The van der Waals surface area contributed by atoms with E-state index in [1.165, 1.54) is 37.9 Å². The molecule has 1 fully saturated rings. The average Bonchev–Trinajstić information content (AvgIpc) is 2.98. The Morgan fingerprint density at radius 1 is 1.05 bits per heavy atom. The molecule has 1 aliphatic rings. The van der Waals surface area contributed by atoms with Gasteiger partial charge >= 0.3 is 0 Å². The SMILES string of the molecule is O=c1[nH]c2cc(CN3CCCCC3)ccc2n2cccc12. The molecule has 2 aromatic heterocycles. The Morgan fingerprint density at radius 3 is 2.76 bits per heavy atom. The summed E-state index contributed by atoms with van der Waals surface area (Å²) in [4.78, 5) is 17.6. The highest BCUT2D eigenvalue weighted by atomic mass is 16.1. The van der Waals surface area contributed by atoms with Gasteiger partial charge in [0.1, 0.15) is 5.52 Å². The summed E-state index contributed by atoms with van der Waals surface area (Å²) in [5.41, 5.74) is 3.91. The van der Waals surface area contributed by atoms with Crippen LogP contribution in [0.1, 0.15) is 24.8 Å². The third-order valence-corrected chi connectivity index (χ3v) is 4.40. The fraction of sp³-hybridized carbons (Fsp3) is 0.353. The van der Waals surface area contributed by atoms with Crippen LogP contribution in [0, 0.1) is 0 Å². The molecular weight excluding hydrogens is 262 g/mol. The Bertz CT molecular complexity index is 840. The molecule has 1 saturated heterocycles. The van der Waals surface area contributed by atoms with E-state index in [2.05, 4.69) is 28.1 Å². The number of hydrogen-bond donors (Lipinski definition) is 1. The zero-order valence-corrected chi connectivity index (χ0v) is 12.0. The van der Waals surface area contributed by atoms with Crippen molar-refractivity contribution in [3.05, 3.63) is 52.4 Å². The van der Waals surface area contributed by atoms with Crippen molar-refractivity contribution in [1.82, 2.24) is 14.3 Å². The fourth-order valence-corrected chi connectivity index (χ4v) is 3.33. The number of nitrogens with one attached hydrogen (secondary N) is 1. The maximum Gasteiger partial charge on any atom is 0.272 e. The smallest absolute Gasteiger partial charge is 0.272 e. The van der Waals surface area contributed by atoms with Gasteiger partial charge in [-0.05, 0) is 55.8 Å². The molecule has 1 N–H and O–H groups in total. The topological polar surface area (TPSA) is 40.5 Å². The fourth-order valence-electron chi connectivity index (χ4n) is 3.33. The highest BCUT2D eigenvalue weighted by Crippen LogP contribution is 2.18. The number of nitrogens with zero attached hydrogens (tertiary/aromatic N) is 2. The monoisotopic (exact) mass is 281 g/mol. The second-order valence-electron chi connectivity index (χ2n) is 5.91. The van der Waals surface area contributed by atoms with Crippen LogP contribution in [0.4, 0.5) is 0 Å². The van der Waals surface area contributed by atoms with Gasteiger partial charge in [0.25, 0.3) is 5.56 Å². The number of piperidine rings is 1. The number of likely N-dealkylation sites (tertiary alicyclic amines) is 1. The predicted octanol–water partition coefficient (Wildman–Crippen LogP) is 2.77. The summed E-state index contributed by atoms with van der Waals surface area (Å²) >= 11 is 0. The molecule has 4 nitrogen and oxygen atoms in total. The van der Waals surface area contributed by atoms with Gasteiger partial charge in [0.15, 0.2) is 0 Å². The van der Waals surface area contributed by atoms with Crippen LogP contribution >= 0.6 is 0 Å². The first kappa shape index (κ1) is 12.7. The summed E-state index contributed by atoms with van der Waals surface area (Å²) in [7, 11) is 0. The van der Waals surface area contributed by atoms with E-state index < -0.39 is 0 Å². The van der Waals surface area contributed by atoms with Crippen LogP contribution < -0.4 is 5.56 Å². The number of rotatable bonds is 2. The van der Waals surface area contributed by atoms with E-state index in [-0.39, 0.29) is 5.56 Å². The van der Waals surface area contributed by atoms with Gasteiger partial charge in [-0.1, -0.05) is 12.5 Å². The highest BCUT2D eigenvalue weighted by Gasteiger charge is 2.11. The van der Waals surface area contributed by atoms with E-state index in [0.717, 1.165) is 17.6 Å². The normalized spacial score (nSPS) is 16.8. The molecule has 0 unspecified atom stereocenters. The van der Waals surface area contributed by atoms with Gasteiger partial charge in [-0.15, -0.1) is 0 Å². The Balaban J connectivity index is 1.75. The molecule has 108 valence electrons. The molecule has 21 heavy (non-hydrogen) atoms. The van der Waals surface area contributed by atoms with Crippen molar-refractivity contribution in [2.45, 2.75) is 25.8 Å². The van der Waals surface area contributed by atoms with Gasteiger partial charge in [-0.2, -0.15) is 0 Å². The third-order valence-electron chi connectivity index (χ3n) is 4.40. The summed E-state index contributed by atoms with van der Waals surface area (Å²) in [6.45, 7) is 3.35. The molecular formula is C17H19N3O. The zero-order valence-electron chi connectivity index (χ0n) is 12.0. The lowest BCUT2D eigenvalue weighted by Gasteiger charge is -2.26. The number of aromatic amines is 1. The first-order valence-electron chi connectivity index (χ1n) is 7.66. The van der Waals surface area contributed by atoms with Crippen molar-refractivity contribution < 1.29 is 0 Å². The van der Waals surface area contributed by atoms with Crippen LogP contribution in [-0.2, 0) is 6.54 Å². The summed E-state index contributed by atoms with van der Waals surface area (Å²) in [6.07, 6.45) is 5.90. The van der Waals surface area contributed by atoms with Crippen molar-refractivity contribution in [1.29, 1.82) is 0 Å². The second-order valence-corrected chi connectivity index (χ2v) is 5.91. The van der Waals surface area contributed by atoms with Crippen LogP contribution in [0.3, 0.4) is 0 Å². The first-order chi connectivity index (χ1) is 10.3. The molecule has 0 amide bonds. The summed E-state index contributed by atoms with van der Waals surface area (Å²) in [5, 5.41) is 0. The molecule has 3 aromatic rings. The van der Waals surface area contributed by atoms with E-state index in [9.17, 15) is 4.79 Å². The minimum atomic E-state index is -0.0253. The molecule has 4 rings (SSSR count). The quantitative estimate of drug-likeness (QED) is 0.784. The molecule has 3 heterocycles. The van der Waals surface area contributed by atoms with Gasteiger partial charge in [-0.25, -0.2) is 0 Å². The number of hydrogen-bond acceptors (Lipinski definition) is 2. The molecule has 0 spiro atoms. The van der Waals surface area contributed by atoms with Crippen molar-refractivity contribution >= 4 is 16.6 Å². The Hall–Kier alpha value is -2.07. The minimum absolute atomic E-state index is 0.0253. The molecule has 1 aliphatic heterocycles. The molecule has 1 aromatic carbocycles. The van der Waals surface area contributed by atoms with Gasteiger partial charge in [0, 0.05) is 12.7 Å². The summed E-state index contributed by atoms with van der Waals surface area (Å²) < 4.78 is 1.96. The Labute approximate surface area is 123 Å². The lowest BCUT2D eigenvalue weighted by atomic mass is 10.1. The van der Waals surface area contributed by atoms with Crippen molar-refractivity contribution in [3.63, 3.8) is 0 Å². The maximum absolute atomic E-state index is 12.1. The molecule has 0 atom stereocenters. The van der Waals surface area contributed by atoms with Crippen LogP contribution in [0.25, 0.3) is 16.6 Å². The molecule has 0 bridgehead atoms. The lowest BCUT2D eigenvalue weighted by Crippen LogP contribution is -2.29. The zero-order chi connectivity index (χ0) is 14.2. The third kappa shape index (κ3) is 2.25. The van der Waals surface area contributed by atoms with Crippen molar-refractivity contribution in [2.24, 2.45) is 0 Å². The van der Waals surface area contributed by atoms with Crippen LogP contribution in [-0.4, -0.2) is 27.4 Å². The molecule has 0 aliphatic carbocycles. The Kier molecular flexibility index (Phi) is 3.04. The molecule has 0 saturated carbocycles. The summed E-state index contributed by atoms with van der Waals surface area (Å²) in [5.74, 6) is 0. The van der Waals surface area contributed by atoms with Gasteiger partial charge in [-0.3, -0.25) is 9.69 Å². The first-order valence-corrected chi connectivity index (χ1v) is 7.66. The standard InChI is InChI=1S/C17H19N3O/c21-17-16-5-4-10-20(16)15-7-6-13(11-14(15)18-17)12-19-8-2-1-3-9-19/h4-7,10-11H,1-3,8-9,12H2,(H,18,21). The summed E-state index contributed by atoms with van der Waals surface area (Å²) in [6, 6.07) is 10.2. The van der Waals surface area contributed by atoms with E-state index in [1.54, 1.807) is 0 Å². The van der Waals surface area contributed by atoms with Crippen molar-refractivity contribution in [3.8, 4) is 0 Å². The van der Waals surface area contributed by atoms with Gasteiger partial charge in [0.05, 0.1) is 11.0 Å².